The second-order valence-corrected chi connectivity index (χ2v) is 12.7. The Hall–Kier alpha value is -4.42. The van der Waals surface area contributed by atoms with Gasteiger partial charge >= 0.3 is 0 Å². The summed E-state index contributed by atoms with van der Waals surface area (Å²) in [4.78, 5) is 30.6. The fourth-order valence-electron chi connectivity index (χ4n) is 4.51. The Kier molecular flexibility index (Phi) is 8.97. The molecule has 0 bridgehead atoms. The number of aryl methyl sites for hydroxylation is 1. The Morgan fingerprint density at radius 3 is 2.44 bits per heavy atom. The minimum absolute atomic E-state index is 0.0302. The molecule has 0 saturated heterocycles. The summed E-state index contributed by atoms with van der Waals surface area (Å²) in [6.45, 7) is 6.02. The SMILES string of the molecule is CCCc1cc(C(=O)Nc2nccs2)ccc1OC(C(=O)NS(=O)(=O)c1ccc(C(C)C)cc1)c1ccc2c(c1)OCO2. The number of rotatable bonds is 11. The average Bonchev–Trinajstić information content (AvgIpc) is 3.68. The minimum Gasteiger partial charge on any atom is -0.475 e. The molecule has 3 aromatic carbocycles. The van der Waals surface area contributed by atoms with Gasteiger partial charge in [-0.15, -0.1) is 11.3 Å². The number of nitrogens with zero attached hydrogens (tertiary/aromatic N) is 1. The molecule has 5 rings (SSSR count). The minimum atomic E-state index is -4.22. The normalized spacial score (nSPS) is 13.0. The zero-order valence-electron chi connectivity index (χ0n) is 23.8. The fraction of sp³-hybridized carbons (Fsp3) is 0.258. The van der Waals surface area contributed by atoms with Crippen molar-refractivity contribution in [3.05, 3.63) is 94.5 Å². The van der Waals surface area contributed by atoms with Crippen LogP contribution in [0.3, 0.4) is 0 Å². The van der Waals surface area contributed by atoms with Gasteiger partial charge in [0.15, 0.2) is 16.6 Å². The Bertz CT molecular complexity index is 1720. The first kappa shape index (κ1) is 30.1. The third-order valence-electron chi connectivity index (χ3n) is 6.77. The number of nitrogens with one attached hydrogen (secondary N) is 2. The maximum atomic E-state index is 13.7. The summed E-state index contributed by atoms with van der Waals surface area (Å²) in [6, 6.07) is 16.1. The van der Waals surface area contributed by atoms with E-state index in [0.717, 1.165) is 12.0 Å². The van der Waals surface area contributed by atoms with Gasteiger partial charge < -0.3 is 14.2 Å². The number of benzene rings is 3. The Balaban J connectivity index is 1.45. The smallest absolute Gasteiger partial charge is 0.279 e. The van der Waals surface area contributed by atoms with E-state index in [4.69, 9.17) is 14.2 Å². The zero-order chi connectivity index (χ0) is 30.6. The lowest BCUT2D eigenvalue weighted by molar-refractivity contribution is -0.126. The second kappa shape index (κ2) is 12.8. The first-order valence-corrected chi connectivity index (χ1v) is 16.1. The standard InChI is InChI=1S/C31H31N3O7S2/c1-4-5-21-16-23(29(35)33-31-32-14-15-42-31)9-12-25(21)41-28(22-8-13-26-27(17-22)40-18-39-26)30(36)34-43(37,38)24-10-6-20(7-11-24)19(2)3/h6-17,19,28H,4-5,18H2,1-3H3,(H,34,36)(H,32,33,35). The molecular weight excluding hydrogens is 590 g/mol. The molecule has 0 saturated carbocycles. The van der Waals surface area contributed by atoms with E-state index < -0.39 is 22.0 Å². The van der Waals surface area contributed by atoms with E-state index in [-0.39, 0.29) is 23.5 Å². The van der Waals surface area contributed by atoms with Crippen LogP contribution >= 0.6 is 11.3 Å². The molecule has 1 aromatic heterocycles. The van der Waals surface area contributed by atoms with E-state index in [9.17, 15) is 18.0 Å². The van der Waals surface area contributed by atoms with Crippen LogP contribution in [0.4, 0.5) is 5.13 Å². The summed E-state index contributed by atoms with van der Waals surface area (Å²) >= 11 is 1.31. The molecule has 12 heteroatoms. The van der Waals surface area contributed by atoms with Crippen molar-refractivity contribution in [2.75, 3.05) is 12.1 Å². The van der Waals surface area contributed by atoms with Gasteiger partial charge in [0.05, 0.1) is 4.90 Å². The highest BCUT2D eigenvalue weighted by Gasteiger charge is 2.30. The number of carbonyl (C=O) groups is 2. The van der Waals surface area contributed by atoms with Crippen LogP contribution in [0.2, 0.25) is 0 Å². The van der Waals surface area contributed by atoms with Crippen molar-refractivity contribution >= 4 is 38.3 Å². The van der Waals surface area contributed by atoms with E-state index in [1.54, 1.807) is 60.1 Å². The molecule has 1 unspecified atom stereocenters. The van der Waals surface area contributed by atoms with Gasteiger partial charge in [-0.3, -0.25) is 14.9 Å². The lowest BCUT2D eigenvalue weighted by atomic mass is 10.0. The van der Waals surface area contributed by atoms with Crippen LogP contribution in [0.25, 0.3) is 0 Å². The third kappa shape index (κ3) is 6.98. The van der Waals surface area contributed by atoms with E-state index in [1.165, 1.54) is 23.5 Å². The van der Waals surface area contributed by atoms with Gasteiger partial charge in [-0.2, -0.15) is 0 Å². The molecule has 0 radical (unpaired) electrons. The van der Waals surface area contributed by atoms with Gasteiger partial charge in [-0.05, 0) is 65.9 Å². The number of thiazole rings is 1. The van der Waals surface area contributed by atoms with Crippen molar-refractivity contribution in [1.82, 2.24) is 9.71 Å². The molecule has 2 N–H and O–H groups in total. The van der Waals surface area contributed by atoms with Crippen LogP contribution in [0, 0.1) is 0 Å². The predicted molar refractivity (Wildman–Crippen MR) is 162 cm³/mol. The van der Waals surface area contributed by atoms with E-state index >= 15 is 0 Å². The number of hydrogen-bond acceptors (Lipinski definition) is 9. The first-order chi connectivity index (χ1) is 20.6. The van der Waals surface area contributed by atoms with Crippen LogP contribution < -0.4 is 24.2 Å². The number of carbonyl (C=O) groups excluding carboxylic acids is 2. The number of ether oxygens (including phenoxy) is 3. The third-order valence-corrected chi connectivity index (χ3v) is 8.82. The largest absolute Gasteiger partial charge is 0.475 e. The maximum absolute atomic E-state index is 13.7. The Morgan fingerprint density at radius 1 is 1.00 bits per heavy atom. The highest BCUT2D eigenvalue weighted by Crippen LogP contribution is 2.36. The van der Waals surface area contributed by atoms with Crippen LogP contribution in [0.1, 0.15) is 66.3 Å². The lowest BCUT2D eigenvalue weighted by Crippen LogP contribution is -2.37. The molecule has 0 fully saturated rings. The fourth-order valence-corrected chi connectivity index (χ4v) is 6.02. The molecule has 43 heavy (non-hydrogen) atoms. The van der Waals surface area contributed by atoms with Crippen molar-refractivity contribution < 1.29 is 32.2 Å². The van der Waals surface area contributed by atoms with Gasteiger partial charge in [0.1, 0.15) is 5.75 Å². The Morgan fingerprint density at radius 2 is 1.74 bits per heavy atom. The molecule has 10 nitrogen and oxygen atoms in total. The van der Waals surface area contributed by atoms with Gasteiger partial charge in [-0.1, -0.05) is 45.4 Å². The van der Waals surface area contributed by atoms with Crippen LogP contribution in [-0.4, -0.2) is 32.0 Å². The monoisotopic (exact) mass is 621 g/mol. The van der Waals surface area contributed by atoms with Gasteiger partial charge in [0.25, 0.3) is 21.8 Å². The summed E-state index contributed by atoms with van der Waals surface area (Å²) in [5, 5.41) is 4.99. The summed E-state index contributed by atoms with van der Waals surface area (Å²) in [7, 11) is -4.22. The Labute approximate surface area is 254 Å². The van der Waals surface area contributed by atoms with Crippen molar-refractivity contribution in [2.45, 2.75) is 50.5 Å². The summed E-state index contributed by atoms with van der Waals surface area (Å²) in [5.74, 6) is 0.247. The molecule has 4 aromatic rings. The van der Waals surface area contributed by atoms with Crippen LogP contribution in [-0.2, 0) is 21.2 Å². The molecular formula is C31H31N3O7S2. The molecule has 1 aliphatic rings. The summed E-state index contributed by atoms with van der Waals surface area (Å²) in [5.41, 5.74) is 2.40. The molecule has 0 spiro atoms. The maximum Gasteiger partial charge on any atom is 0.279 e. The van der Waals surface area contributed by atoms with Gasteiger partial charge in [0, 0.05) is 22.7 Å². The van der Waals surface area contributed by atoms with E-state index in [2.05, 4.69) is 15.0 Å². The lowest BCUT2D eigenvalue weighted by Gasteiger charge is -2.22. The second-order valence-electron chi connectivity index (χ2n) is 10.2. The van der Waals surface area contributed by atoms with Gasteiger partial charge in [-0.25, -0.2) is 18.1 Å². The summed E-state index contributed by atoms with van der Waals surface area (Å²) < 4.78 is 45.8. The molecule has 0 aliphatic carbocycles. The highest BCUT2D eigenvalue weighted by molar-refractivity contribution is 7.90. The molecule has 224 valence electrons. The van der Waals surface area contributed by atoms with E-state index in [0.29, 0.717) is 45.5 Å². The van der Waals surface area contributed by atoms with Crippen molar-refractivity contribution in [3.8, 4) is 17.2 Å². The number of fused-ring (bicyclic) bond motifs is 1. The van der Waals surface area contributed by atoms with E-state index in [1.807, 2.05) is 20.8 Å². The molecule has 1 atom stereocenters. The average molecular weight is 622 g/mol. The number of amides is 2. The van der Waals surface area contributed by atoms with Crippen molar-refractivity contribution in [1.29, 1.82) is 0 Å². The number of anilines is 1. The number of aromatic nitrogens is 1. The highest BCUT2D eigenvalue weighted by atomic mass is 32.2. The van der Waals surface area contributed by atoms with Crippen LogP contribution in [0.5, 0.6) is 17.2 Å². The first-order valence-electron chi connectivity index (χ1n) is 13.7. The molecule has 1 aliphatic heterocycles. The summed E-state index contributed by atoms with van der Waals surface area (Å²) in [6.07, 6.45) is 1.51. The van der Waals surface area contributed by atoms with Crippen molar-refractivity contribution in [2.24, 2.45) is 0 Å². The quantitative estimate of drug-likeness (QED) is 0.214. The predicted octanol–water partition coefficient (Wildman–Crippen LogP) is 5.83. The van der Waals surface area contributed by atoms with Crippen LogP contribution in [0.15, 0.2) is 77.1 Å². The zero-order valence-corrected chi connectivity index (χ0v) is 25.5. The molecule has 2 heterocycles. The number of hydrogen-bond donors (Lipinski definition) is 2. The molecule has 2 amide bonds. The van der Waals surface area contributed by atoms with Crippen molar-refractivity contribution in [3.63, 3.8) is 0 Å². The van der Waals surface area contributed by atoms with Gasteiger partial charge in [0.2, 0.25) is 12.9 Å². The number of sulfonamides is 1. The topological polar surface area (TPSA) is 133 Å².